The Bertz CT molecular complexity index is 1050. The van der Waals surface area contributed by atoms with Crippen LogP contribution >= 0.6 is 0 Å². The number of halogens is 4. The van der Waals surface area contributed by atoms with Gasteiger partial charge in [-0.3, -0.25) is 9.78 Å². The van der Waals surface area contributed by atoms with Gasteiger partial charge in [-0.2, -0.15) is 13.8 Å². The molecule has 0 saturated heterocycles. The van der Waals surface area contributed by atoms with Crippen molar-refractivity contribution in [1.29, 1.82) is 0 Å². The molecule has 0 unspecified atom stereocenters. The van der Waals surface area contributed by atoms with Gasteiger partial charge < -0.3 is 9.84 Å². The summed E-state index contributed by atoms with van der Waals surface area (Å²) in [4.78, 5) is 19.7. The molecule has 150 valence electrons. The fourth-order valence-corrected chi connectivity index (χ4v) is 3.30. The van der Waals surface area contributed by atoms with Gasteiger partial charge in [-0.25, -0.2) is 8.78 Å². The molecule has 0 fully saturated rings. The minimum Gasteiger partial charge on any atom is -0.345 e. The lowest BCUT2D eigenvalue weighted by Gasteiger charge is -2.14. The number of rotatable bonds is 5. The minimum atomic E-state index is -2.84. The number of hydrogen-bond acceptors (Lipinski definition) is 5. The Balaban J connectivity index is 1.51. The lowest BCUT2D eigenvalue weighted by atomic mass is 10.0. The molecule has 1 amide bonds. The van der Waals surface area contributed by atoms with Crippen molar-refractivity contribution < 1.29 is 26.9 Å². The van der Waals surface area contributed by atoms with Crippen molar-refractivity contribution >= 4 is 5.91 Å². The summed E-state index contributed by atoms with van der Waals surface area (Å²) in [5.74, 6) is -1.16. The fraction of sp³-hybridized carbons (Fsp3) is 0.263. The second kappa shape index (κ2) is 7.61. The summed E-state index contributed by atoms with van der Waals surface area (Å²) >= 11 is 0. The number of nitrogens with zero attached hydrogens (tertiary/aromatic N) is 3. The maximum atomic E-state index is 12.8. The molecular formula is C19H14F4N4O2. The summed E-state index contributed by atoms with van der Waals surface area (Å²) in [6, 6.07) is 7.33. The molecule has 29 heavy (non-hydrogen) atoms. The van der Waals surface area contributed by atoms with Crippen LogP contribution in [-0.2, 0) is 6.42 Å². The van der Waals surface area contributed by atoms with Gasteiger partial charge in [-0.05, 0) is 42.2 Å². The summed E-state index contributed by atoms with van der Waals surface area (Å²) in [5.41, 5.74) is 1.95. The summed E-state index contributed by atoms with van der Waals surface area (Å²) in [6.45, 7) is 0. The molecule has 1 aliphatic carbocycles. The van der Waals surface area contributed by atoms with Gasteiger partial charge in [-0.1, -0.05) is 17.3 Å². The maximum Gasteiger partial charge on any atom is 0.315 e. The first kappa shape index (κ1) is 19.0. The highest BCUT2D eigenvalue weighted by Gasteiger charge is 2.26. The second-order valence-corrected chi connectivity index (χ2v) is 6.51. The number of carbonyl (C=O) groups excluding carboxylic acids is 1. The largest absolute Gasteiger partial charge is 0.345 e. The zero-order valence-electron chi connectivity index (χ0n) is 14.8. The van der Waals surface area contributed by atoms with Crippen LogP contribution in [0.2, 0.25) is 0 Å². The van der Waals surface area contributed by atoms with E-state index < -0.39 is 30.3 Å². The molecule has 2 heterocycles. The number of aryl methyl sites for hydroxylation is 1. The molecule has 0 radical (unpaired) electrons. The van der Waals surface area contributed by atoms with Crippen molar-refractivity contribution in [2.75, 3.05) is 0 Å². The van der Waals surface area contributed by atoms with Crippen LogP contribution in [0.15, 0.2) is 41.1 Å². The highest BCUT2D eigenvalue weighted by molar-refractivity contribution is 5.94. The normalized spacial score (nSPS) is 15.7. The molecule has 10 heteroatoms. The molecule has 1 aliphatic rings. The van der Waals surface area contributed by atoms with Crippen LogP contribution in [0.3, 0.4) is 0 Å². The first-order valence-electron chi connectivity index (χ1n) is 8.72. The summed E-state index contributed by atoms with van der Waals surface area (Å²) in [6.07, 6.45) is -3.17. The van der Waals surface area contributed by atoms with E-state index in [0.29, 0.717) is 18.4 Å². The molecule has 0 saturated carbocycles. The first-order chi connectivity index (χ1) is 13.9. The van der Waals surface area contributed by atoms with E-state index in [-0.39, 0.29) is 17.4 Å². The SMILES string of the molecule is O=C(N[C@@H]1CCc2cc(-c3noc(C(F)F)n3)ccc21)c1ccnc(C(F)F)c1. The van der Waals surface area contributed by atoms with Gasteiger partial charge in [0.05, 0.1) is 6.04 Å². The topological polar surface area (TPSA) is 80.9 Å². The van der Waals surface area contributed by atoms with Crippen molar-refractivity contribution in [2.24, 2.45) is 0 Å². The van der Waals surface area contributed by atoms with Crippen LogP contribution in [0.5, 0.6) is 0 Å². The smallest absolute Gasteiger partial charge is 0.315 e. The van der Waals surface area contributed by atoms with E-state index in [4.69, 9.17) is 0 Å². The molecule has 3 aromatic rings. The number of benzene rings is 1. The second-order valence-electron chi connectivity index (χ2n) is 6.51. The van der Waals surface area contributed by atoms with E-state index in [0.717, 1.165) is 17.2 Å². The Kier molecular flexibility index (Phi) is 4.99. The van der Waals surface area contributed by atoms with Crippen molar-refractivity contribution in [3.63, 3.8) is 0 Å². The third kappa shape index (κ3) is 3.82. The van der Waals surface area contributed by atoms with Gasteiger partial charge in [0.2, 0.25) is 5.82 Å². The summed E-state index contributed by atoms with van der Waals surface area (Å²) < 4.78 is 55.3. The minimum absolute atomic E-state index is 0.0619. The van der Waals surface area contributed by atoms with Crippen LogP contribution < -0.4 is 5.32 Å². The third-order valence-electron chi connectivity index (χ3n) is 4.68. The first-order valence-corrected chi connectivity index (χ1v) is 8.72. The zero-order chi connectivity index (χ0) is 20.5. The van der Waals surface area contributed by atoms with Gasteiger partial charge in [0.15, 0.2) is 0 Å². The van der Waals surface area contributed by atoms with E-state index in [9.17, 15) is 22.4 Å². The quantitative estimate of drug-likeness (QED) is 0.635. The number of fused-ring (bicyclic) bond motifs is 1. The molecule has 2 aromatic heterocycles. The molecule has 0 aliphatic heterocycles. The number of alkyl halides is 4. The fourth-order valence-electron chi connectivity index (χ4n) is 3.30. The number of nitrogens with one attached hydrogen (secondary N) is 1. The Morgan fingerprint density at radius 3 is 2.69 bits per heavy atom. The highest BCUT2D eigenvalue weighted by Crippen LogP contribution is 2.34. The van der Waals surface area contributed by atoms with Gasteiger partial charge in [-0.15, -0.1) is 0 Å². The van der Waals surface area contributed by atoms with Gasteiger partial charge in [0.1, 0.15) is 5.69 Å². The van der Waals surface area contributed by atoms with Crippen LogP contribution in [0.25, 0.3) is 11.4 Å². The predicted octanol–water partition coefficient (Wildman–Crippen LogP) is 4.42. The molecule has 0 bridgehead atoms. The van der Waals surface area contributed by atoms with Crippen LogP contribution in [0.1, 0.15) is 58.4 Å². The van der Waals surface area contributed by atoms with Crippen molar-refractivity contribution in [2.45, 2.75) is 31.7 Å². The van der Waals surface area contributed by atoms with E-state index in [1.807, 2.05) is 0 Å². The standard InChI is InChI=1S/C19H14F4N4O2/c20-15(21)14-8-11(5-6-24-14)18(28)25-13-4-2-9-7-10(1-3-12(9)13)17-26-19(16(22)23)29-27-17/h1,3,5-8,13,15-16H,2,4H2,(H,25,28)/t13-/m1/s1. The van der Waals surface area contributed by atoms with Gasteiger partial charge in [0, 0.05) is 17.3 Å². The molecule has 1 atom stereocenters. The van der Waals surface area contributed by atoms with Crippen LogP contribution in [-0.4, -0.2) is 21.0 Å². The Labute approximate surface area is 162 Å². The molecule has 6 nitrogen and oxygen atoms in total. The Morgan fingerprint density at radius 1 is 1.14 bits per heavy atom. The number of carbonyl (C=O) groups is 1. The van der Waals surface area contributed by atoms with Crippen LogP contribution in [0, 0.1) is 0 Å². The lowest BCUT2D eigenvalue weighted by Crippen LogP contribution is -2.27. The molecule has 1 aromatic carbocycles. The summed E-state index contributed by atoms with van der Waals surface area (Å²) in [7, 11) is 0. The van der Waals surface area contributed by atoms with Crippen molar-refractivity contribution in [1.82, 2.24) is 20.4 Å². The van der Waals surface area contributed by atoms with E-state index in [2.05, 4.69) is 25.0 Å². The molecule has 1 N–H and O–H groups in total. The number of amides is 1. The van der Waals surface area contributed by atoms with E-state index >= 15 is 0 Å². The number of hydrogen-bond donors (Lipinski definition) is 1. The Morgan fingerprint density at radius 2 is 1.97 bits per heavy atom. The lowest BCUT2D eigenvalue weighted by molar-refractivity contribution is 0.0935. The highest BCUT2D eigenvalue weighted by atomic mass is 19.3. The predicted molar refractivity (Wildman–Crippen MR) is 92.4 cm³/mol. The molecular weight excluding hydrogens is 392 g/mol. The number of aromatic nitrogens is 3. The summed E-state index contributed by atoms with van der Waals surface area (Å²) in [5, 5.41) is 6.39. The average Bonchev–Trinajstić information content (AvgIpc) is 3.35. The maximum absolute atomic E-state index is 12.8. The van der Waals surface area contributed by atoms with Crippen LogP contribution in [0.4, 0.5) is 17.6 Å². The Hall–Kier alpha value is -3.30. The monoisotopic (exact) mass is 406 g/mol. The molecule has 4 rings (SSSR count). The van der Waals surface area contributed by atoms with Crippen molar-refractivity contribution in [3.05, 3.63) is 64.8 Å². The molecule has 0 spiro atoms. The van der Waals surface area contributed by atoms with Gasteiger partial charge in [0.25, 0.3) is 18.2 Å². The average molecular weight is 406 g/mol. The third-order valence-corrected chi connectivity index (χ3v) is 4.68. The number of pyridine rings is 1. The zero-order valence-corrected chi connectivity index (χ0v) is 14.8. The van der Waals surface area contributed by atoms with Gasteiger partial charge >= 0.3 is 6.43 Å². The van der Waals surface area contributed by atoms with Crippen molar-refractivity contribution in [3.8, 4) is 11.4 Å². The van der Waals surface area contributed by atoms with E-state index in [1.165, 1.54) is 12.3 Å². The van der Waals surface area contributed by atoms with E-state index in [1.54, 1.807) is 18.2 Å².